The lowest BCUT2D eigenvalue weighted by Crippen LogP contribution is -2.43. The molecule has 0 spiro atoms. The van der Waals surface area contributed by atoms with Crippen molar-refractivity contribution in [3.8, 4) is 0 Å². The molecule has 1 aliphatic heterocycles. The normalized spacial score (nSPS) is 20.6. The second kappa shape index (κ2) is 5.23. The van der Waals surface area contributed by atoms with Crippen molar-refractivity contribution in [3.63, 3.8) is 0 Å². The number of hydrogen-bond acceptors (Lipinski definition) is 5. The first kappa shape index (κ1) is 14.5. The van der Waals surface area contributed by atoms with Gasteiger partial charge in [-0.15, -0.1) is 0 Å². The number of rotatable bonds is 2. The summed E-state index contributed by atoms with van der Waals surface area (Å²) >= 11 is 0. The van der Waals surface area contributed by atoms with Gasteiger partial charge in [0.1, 0.15) is 5.58 Å². The van der Waals surface area contributed by atoms with Crippen molar-refractivity contribution in [1.29, 1.82) is 0 Å². The molecule has 1 saturated heterocycles. The summed E-state index contributed by atoms with van der Waals surface area (Å²) in [7, 11) is 0. The summed E-state index contributed by atoms with van der Waals surface area (Å²) in [4.78, 5) is 29.1. The molecule has 1 aliphatic rings. The van der Waals surface area contributed by atoms with E-state index in [1.165, 1.54) is 11.8 Å². The SMILES string of the molecule is CC(=O)N[C@H]1OC(=O)N(c2ccc3c(c2)oc2ncccc23)C1C. The van der Waals surface area contributed by atoms with Crippen molar-refractivity contribution in [2.45, 2.75) is 26.1 Å². The van der Waals surface area contributed by atoms with Crippen molar-refractivity contribution in [2.24, 2.45) is 0 Å². The summed E-state index contributed by atoms with van der Waals surface area (Å²) in [6.07, 6.45) is 0.488. The molecule has 1 unspecified atom stereocenters. The number of anilines is 1. The molecule has 1 aromatic carbocycles. The predicted octanol–water partition coefficient (Wildman–Crippen LogP) is 2.79. The zero-order valence-electron chi connectivity index (χ0n) is 13.1. The van der Waals surface area contributed by atoms with Crippen LogP contribution in [-0.4, -0.2) is 29.3 Å². The number of furan rings is 1. The zero-order chi connectivity index (χ0) is 16.8. The minimum absolute atomic E-state index is 0.250. The highest BCUT2D eigenvalue weighted by Crippen LogP contribution is 2.33. The lowest BCUT2D eigenvalue weighted by atomic mass is 10.1. The fourth-order valence-corrected chi connectivity index (χ4v) is 3.01. The van der Waals surface area contributed by atoms with Gasteiger partial charge >= 0.3 is 6.09 Å². The van der Waals surface area contributed by atoms with Crippen LogP contribution in [0.2, 0.25) is 0 Å². The number of carbonyl (C=O) groups excluding carboxylic acids is 2. The van der Waals surface area contributed by atoms with E-state index in [2.05, 4.69) is 10.3 Å². The Morgan fingerprint density at radius 1 is 1.29 bits per heavy atom. The summed E-state index contributed by atoms with van der Waals surface area (Å²) in [5.74, 6) is -0.250. The smallest absolute Gasteiger partial charge is 0.416 e. The van der Waals surface area contributed by atoms with E-state index in [9.17, 15) is 9.59 Å². The molecule has 1 N–H and O–H groups in total. The minimum atomic E-state index is -0.678. The third-order valence-corrected chi connectivity index (χ3v) is 4.13. The van der Waals surface area contributed by atoms with Gasteiger partial charge in [0.2, 0.25) is 11.6 Å². The largest absolute Gasteiger partial charge is 0.438 e. The number of nitrogens with one attached hydrogen (secondary N) is 1. The molecule has 0 saturated carbocycles. The monoisotopic (exact) mass is 325 g/mol. The Hall–Kier alpha value is -3.09. The van der Waals surface area contributed by atoms with Crippen LogP contribution >= 0.6 is 0 Å². The zero-order valence-corrected chi connectivity index (χ0v) is 13.1. The number of cyclic esters (lactones) is 1. The van der Waals surface area contributed by atoms with Gasteiger partial charge in [0.25, 0.3) is 0 Å². The van der Waals surface area contributed by atoms with E-state index < -0.39 is 12.3 Å². The maximum atomic E-state index is 12.2. The van der Waals surface area contributed by atoms with E-state index in [0.29, 0.717) is 17.0 Å². The van der Waals surface area contributed by atoms with E-state index in [4.69, 9.17) is 9.15 Å². The maximum Gasteiger partial charge on any atom is 0.416 e. The lowest BCUT2D eigenvalue weighted by molar-refractivity contribution is -0.121. The fourth-order valence-electron chi connectivity index (χ4n) is 3.01. The Morgan fingerprint density at radius 2 is 2.12 bits per heavy atom. The van der Waals surface area contributed by atoms with Gasteiger partial charge in [-0.2, -0.15) is 0 Å². The molecule has 0 bridgehead atoms. The molecule has 2 atom stereocenters. The predicted molar refractivity (Wildman–Crippen MR) is 87.5 cm³/mol. The average molecular weight is 325 g/mol. The quantitative estimate of drug-likeness (QED) is 0.783. The maximum absolute atomic E-state index is 12.2. The topological polar surface area (TPSA) is 84.7 Å². The highest BCUT2D eigenvalue weighted by atomic mass is 16.6. The third kappa shape index (κ3) is 2.17. The third-order valence-electron chi connectivity index (χ3n) is 4.13. The second-order valence-electron chi connectivity index (χ2n) is 5.75. The number of fused-ring (bicyclic) bond motifs is 3. The fraction of sp³-hybridized carbons (Fsp3) is 0.235. The Morgan fingerprint density at radius 3 is 2.92 bits per heavy atom. The standard InChI is InChI=1S/C17H15N3O4/c1-9-15(19-10(2)21)24-17(22)20(9)11-5-6-12-13-4-3-7-18-16(13)23-14(12)8-11/h3-9,15H,1-2H3,(H,19,21)/t9?,15-/m0/s1. The van der Waals surface area contributed by atoms with E-state index in [1.54, 1.807) is 12.3 Å². The number of nitrogens with zero attached hydrogens (tertiary/aromatic N) is 2. The van der Waals surface area contributed by atoms with Crippen LogP contribution in [0.3, 0.4) is 0 Å². The van der Waals surface area contributed by atoms with Gasteiger partial charge in [0.05, 0.1) is 11.7 Å². The van der Waals surface area contributed by atoms with Gasteiger partial charge in [-0.1, -0.05) is 0 Å². The molecule has 122 valence electrons. The molecule has 1 fully saturated rings. The van der Waals surface area contributed by atoms with Crippen LogP contribution in [0.25, 0.3) is 22.1 Å². The molecular formula is C17H15N3O4. The first-order valence-electron chi connectivity index (χ1n) is 7.59. The lowest BCUT2D eigenvalue weighted by Gasteiger charge is -2.20. The van der Waals surface area contributed by atoms with E-state index >= 15 is 0 Å². The number of aromatic nitrogens is 1. The van der Waals surface area contributed by atoms with Crippen LogP contribution in [0.1, 0.15) is 13.8 Å². The first-order valence-corrected chi connectivity index (χ1v) is 7.59. The molecule has 3 heterocycles. The Bertz CT molecular complexity index is 965. The molecule has 7 nitrogen and oxygen atoms in total. The van der Waals surface area contributed by atoms with Gasteiger partial charge in [0, 0.05) is 30.0 Å². The van der Waals surface area contributed by atoms with E-state index in [1.807, 2.05) is 31.2 Å². The average Bonchev–Trinajstić information content (AvgIpc) is 3.04. The van der Waals surface area contributed by atoms with Gasteiger partial charge in [-0.3, -0.25) is 9.69 Å². The van der Waals surface area contributed by atoms with Crippen LogP contribution in [-0.2, 0) is 9.53 Å². The highest BCUT2D eigenvalue weighted by molar-refractivity contribution is 6.05. The number of amides is 2. The Balaban J connectivity index is 1.74. The Kier molecular flexibility index (Phi) is 3.16. The highest BCUT2D eigenvalue weighted by Gasteiger charge is 2.40. The van der Waals surface area contributed by atoms with Crippen LogP contribution < -0.4 is 10.2 Å². The van der Waals surface area contributed by atoms with Crippen molar-refractivity contribution in [1.82, 2.24) is 10.3 Å². The number of carbonyl (C=O) groups is 2. The van der Waals surface area contributed by atoms with E-state index in [0.717, 1.165) is 10.8 Å². The minimum Gasteiger partial charge on any atom is -0.438 e. The van der Waals surface area contributed by atoms with Crippen LogP contribution in [0.15, 0.2) is 40.9 Å². The van der Waals surface area contributed by atoms with Gasteiger partial charge in [-0.25, -0.2) is 9.78 Å². The van der Waals surface area contributed by atoms with Crippen LogP contribution in [0.5, 0.6) is 0 Å². The number of pyridine rings is 1. The summed E-state index contributed by atoms with van der Waals surface area (Å²) < 4.78 is 11.0. The number of benzene rings is 1. The summed E-state index contributed by atoms with van der Waals surface area (Å²) in [6, 6.07) is 8.96. The molecule has 0 radical (unpaired) electrons. The molecule has 2 amide bonds. The Labute approximate surface area is 137 Å². The molecule has 7 heteroatoms. The molecular weight excluding hydrogens is 310 g/mol. The first-order chi connectivity index (χ1) is 11.5. The molecule has 2 aromatic heterocycles. The van der Waals surface area contributed by atoms with Gasteiger partial charge in [0.15, 0.2) is 6.23 Å². The number of ether oxygens (including phenoxy) is 1. The van der Waals surface area contributed by atoms with Crippen molar-refractivity contribution >= 4 is 39.8 Å². The molecule has 0 aliphatic carbocycles. The molecule has 3 aromatic rings. The van der Waals surface area contributed by atoms with E-state index in [-0.39, 0.29) is 11.9 Å². The summed E-state index contributed by atoms with van der Waals surface area (Å²) in [6.45, 7) is 3.20. The number of hydrogen-bond donors (Lipinski definition) is 1. The second-order valence-corrected chi connectivity index (χ2v) is 5.75. The van der Waals surface area contributed by atoms with Gasteiger partial charge < -0.3 is 14.5 Å². The van der Waals surface area contributed by atoms with Crippen molar-refractivity contribution in [3.05, 3.63) is 36.5 Å². The summed E-state index contributed by atoms with van der Waals surface area (Å²) in [5.41, 5.74) is 1.84. The molecule has 4 rings (SSSR count). The summed E-state index contributed by atoms with van der Waals surface area (Å²) in [5, 5.41) is 4.48. The van der Waals surface area contributed by atoms with Crippen molar-refractivity contribution in [2.75, 3.05) is 4.90 Å². The van der Waals surface area contributed by atoms with Gasteiger partial charge in [-0.05, 0) is 31.2 Å². The van der Waals surface area contributed by atoms with Crippen LogP contribution in [0.4, 0.5) is 10.5 Å². The molecule has 24 heavy (non-hydrogen) atoms. The van der Waals surface area contributed by atoms with Crippen LogP contribution in [0, 0.1) is 0 Å². The van der Waals surface area contributed by atoms with Crippen molar-refractivity contribution < 1.29 is 18.7 Å².